The Bertz CT molecular complexity index is 355. The summed E-state index contributed by atoms with van der Waals surface area (Å²) in [7, 11) is 0. The van der Waals surface area contributed by atoms with Crippen LogP contribution in [0.25, 0.3) is 10.1 Å². The van der Waals surface area contributed by atoms with E-state index < -0.39 is 0 Å². The van der Waals surface area contributed by atoms with Crippen LogP contribution in [0.3, 0.4) is 0 Å². The predicted molar refractivity (Wildman–Crippen MR) is 47.3 cm³/mol. The van der Waals surface area contributed by atoms with Gasteiger partial charge in [0.05, 0.1) is 0 Å². The Hall–Kier alpha value is -0.410. The van der Waals surface area contributed by atoms with E-state index in [2.05, 4.69) is 26.3 Å². The Morgan fingerprint density at radius 2 is 2.40 bits per heavy atom. The molecule has 0 fully saturated rings. The molecule has 10 heavy (non-hydrogen) atoms. The van der Waals surface area contributed by atoms with E-state index in [1.807, 2.05) is 18.5 Å². The summed E-state index contributed by atoms with van der Waals surface area (Å²) < 4.78 is 2.42. The van der Waals surface area contributed by atoms with Crippen molar-refractivity contribution in [1.82, 2.24) is 4.98 Å². The van der Waals surface area contributed by atoms with Crippen molar-refractivity contribution >= 4 is 37.4 Å². The van der Waals surface area contributed by atoms with Gasteiger partial charge in [0.25, 0.3) is 0 Å². The van der Waals surface area contributed by atoms with Gasteiger partial charge in [0, 0.05) is 32.3 Å². The zero-order chi connectivity index (χ0) is 6.97. The highest BCUT2D eigenvalue weighted by Crippen LogP contribution is 2.28. The fraction of sp³-hybridized carbons (Fsp3) is 0. The number of aromatic nitrogens is 1. The number of hydrogen-bond donors (Lipinski definition) is 0. The second-order valence-electron chi connectivity index (χ2n) is 1.96. The second kappa shape index (κ2) is 2.32. The number of halogens is 1. The van der Waals surface area contributed by atoms with Crippen LogP contribution in [0, 0.1) is 0 Å². The molecule has 0 bridgehead atoms. The lowest BCUT2D eigenvalue weighted by atomic mass is 10.4. The molecule has 2 heterocycles. The monoisotopic (exact) mass is 213 g/mol. The van der Waals surface area contributed by atoms with Crippen molar-refractivity contribution in [2.24, 2.45) is 0 Å². The number of hydrogen-bond acceptors (Lipinski definition) is 2. The van der Waals surface area contributed by atoms with E-state index in [9.17, 15) is 0 Å². The zero-order valence-electron chi connectivity index (χ0n) is 5.04. The molecular formula is C7H4BrNS. The summed E-state index contributed by atoms with van der Waals surface area (Å²) in [5.74, 6) is 0. The predicted octanol–water partition coefficient (Wildman–Crippen LogP) is 3.06. The van der Waals surface area contributed by atoms with Gasteiger partial charge in [0.15, 0.2) is 0 Å². The summed E-state index contributed by atoms with van der Waals surface area (Å²) in [6.07, 6.45) is 3.68. The first kappa shape index (κ1) is 6.31. The van der Waals surface area contributed by atoms with Gasteiger partial charge in [0.2, 0.25) is 0 Å². The third-order valence-electron chi connectivity index (χ3n) is 1.33. The van der Waals surface area contributed by atoms with Crippen molar-refractivity contribution < 1.29 is 0 Å². The summed E-state index contributed by atoms with van der Waals surface area (Å²) in [5.41, 5.74) is 0. The topological polar surface area (TPSA) is 12.9 Å². The molecule has 0 aliphatic carbocycles. The minimum Gasteiger partial charge on any atom is -0.264 e. The normalized spacial score (nSPS) is 10.5. The smallest absolute Gasteiger partial charge is 0.0385 e. The van der Waals surface area contributed by atoms with Crippen LogP contribution in [0.4, 0.5) is 0 Å². The van der Waals surface area contributed by atoms with E-state index in [4.69, 9.17) is 0 Å². The van der Waals surface area contributed by atoms with Crippen LogP contribution in [0.5, 0.6) is 0 Å². The quantitative estimate of drug-likeness (QED) is 0.656. The highest BCUT2D eigenvalue weighted by atomic mass is 79.9. The largest absolute Gasteiger partial charge is 0.264 e. The molecule has 0 radical (unpaired) electrons. The Labute approximate surface area is 70.8 Å². The minimum absolute atomic E-state index is 1.14. The summed E-state index contributed by atoms with van der Waals surface area (Å²) in [6, 6.07) is 2.02. The van der Waals surface area contributed by atoms with Crippen molar-refractivity contribution in [3.05, 3.63) is 28.3 Å². The maximum atomic E-state index is 4.02. The average molecular weight is 214 g/mol. The molecule has 0 spiro atoms. The molecular weight excluding hydrogens is 210 g/mol. The maximum Gasteiger partial charge on any atom is 0.0385 e. The molecule has 50 valence electrons. The van der Waals surface area contributed by atoms with E-state index in [1.54, 1.807) is 11.3 Å². The van der Waals surface area contributed by atoms with Crippen molar-refractivity contribution in [3.8, 4) is 0 Å². The van der Waals surface area contributed by atoms with Gasteiger partial charge in [-0.1, -0.05) is 0 Å². The van der Waals surface area contributed by atoms with Crippen LogP contribution in [-0.2, 0) is 0 Å². The second-order valence-corrected chi connectivity index (χ2v) is 3.72. The Kier molecular flexibility index (Phi) is 1.47. The fourth-order valence-corrected chi connectivity index (χ4v) is 2.36. The van der Waals surface area contributed by atoms with E-state index in [-0.39, 0.29) is 0 Å². The molecule has 1 nitrogen and oxygen atoms in total. The molecule has 0 saturated carbocycles. The number of pyridine rings is 1. The van der Waals surface area contributed by atoms with Gasteiger partial charge < -0.3 is 0 Å². The van der Waals surface area contributed by atoms with Gasteiger partial charge in [-0.2, -0.15) is 0 Å². The lowest BCUT2D eigenvalue weighted by molar-refractivity contribution is 1.37. The van der Waals surface area contributed by atoms with Gasteiger partial charge in [-0.05, 0) is 22.0 Å². The number of fused-ring (bicyclic) bond motifs is 1. The SMILES string of the molecule is Brc1csc2ccncc12. The molecule has 0 N–H and O–H groups in total. The number of thiophene rings is 1. The van der Waals surface area contributed by atoms with Crippen LogP contribution in [0.2, 0.25) is 0 Å². The number of rotatable bonds is 0. The summed E-state index contributed by atoms with van der Waals surface area (Å²) >= 11 is 5.16. The molecule has 2 rings (SSSR count). The molecule has 0 aliphatic heterocycles. The van der Waals surface area contributed by atoms with Gasteiger partial charge >= 0.3 is 0 Å². The third kappa shape index (κ3) is 0.859. The number of nitrogens with zero attached hydrogens (tertiary/aromatic N) is 1. The van der Waals surface area contributed by atoms with E-state index in [1.165, 1.54) is 10.1 Å². The van der Waals surface area contributed by atoms with Crippen LogP contribution in [-0.4, -0.2) is 4.98 Å². The molecule has 0 aliphatic rings. The lowest BCUT2D eigenvalue weighted by Crippen LogP contribution is -1.66. The van der Waals surface area contributed by atoms with Crippen LogP contribution in [0.15, 0.2) is 28.3 Å². The van der Waals surface area contributed by atoms with Crippen LogP contribution >= 0.6 is 27.3 Å². The standard InChI is InChI=1S/C7H4BrNS/c8-6-4-10-7-1-2-9-3-5(6)7/h1-4H. The fourth-order valence-electron chi connectivity index (χ4n) is 0.843. The van der Waals surface area contributed by atoms with Gasteiger partial charge in [-0.3, -0.25) is 4.98 Å². The first-order chi connectivity index (χ1) is 4.88. The Morgan fingerprint density at radius 1 is 1.50 bits per heavy atom. The minimum atomic E-state index is 1.14. The first-order valence-corrected chi connectivity index (χ1v) is 4.52. The molecule has 0 unspecified atom stereocenters. The molecule has 0 saturated heterocycles. The molecule has 2 aromatic rings. The highest BCUT2D eigenvalue weighted by Gasteiger charge is 1.97. The lowest BCUT2D eigenvalue weighted by Gasteiger charge is -1.85. The van der Waals surface area contributed by atoms with Gasteiger partial charge in [-0.25, -0.2) is 0 Å². The van der Waals surface area contributed by atoms with E-state index >= 15 is 0 Å². The molecule has 0 aromatic carbocycles. The molecule has 0 atom stereocenters. The molecule has 2 aromatic heterocycles. The van der Waals surface area contributed by atoms with E-state index in [0.717, 1.165) is 4.47 Å². The van der Waals surface area contributed by atoms with Crippen LogP contribution < -0.4 is 0 Å². The molecule has 0 amide bonds. The van der Waals surface area contributed by atoms with Gasteiger partial charge in [-0.15, -0.1) is 11.3 Å². The van der Waals surface area contributed by atoms with E-state index in [0.29, 0.717) is 0 Å². The van der Waals surface area contributed by atoms with Crippen LogP contribution in [0.1, 0.15) is 0 Å². The molecule has 3 heteroatoms. The zero-order valence-corrected chi connectivity index (χ0v) is 7.45. The van der Waals surface area contributed by atoms with Crippen molar-refractivity contribution in [2.75, 3.05) is 0 Å². The van der Waals surface area contributed by atoms with Crippen molar-refractivity contribution in [3.63, 3.8) is 0 Å². The highest BCUT2D eigenvalue weighted by molar-refractivity contribution is 9.10. The first-order valence-electron chi connectivity index (χ1n) is 2.84. The Morgan fingerprint density at radius 3 is 3.20 bits per heavy atom. The summed E-state index contributed by atoms with van der Waals surface area (Å²) in [4.78, 5) is 4.02. The summed E-state index contributed by atoms with van der Waals surface area (Å²) in [5, 5.41) is 3.28. The maximum absolute atomic E-state index is 4.02. The van der Waals surface area contributed by atoms with Gasteiger partial charge in [0.1, 0.15) is 0 Å². The third-order valence-corrected chi connectivity index (χ3v) is 3.25. The Balaban J connectivity index is 2.93. The van der Waals surface area contributed by atoms with Crippen molar-refractivity contribution in [1.29, 1.82) is 0 Å². The summed E-state index contributed by atoms with van der Waals surface area (Å²) in [6.45, 7) is 0. The van der Waals surface area contributed by atoms with Crippen molar-refractivity contribution in [2.45, 2.75) is 0 Å². The average Bonchev–Trinajstić information content (AvgIpc) is 2.34.